The maximum Gasteiger partial charge on any atom is 0 e. The average molecular weight is 1480 g/mol. The number of aryl methyl sites for hydroxylation is 10. The fourth-order valence-corrected chi connectivity index (χ4v) is 6.67. The van der Waals surface area contributed by atoms with Gasteiger partial charge in [-0.05, 0) is 69.2 Å². The van der Waals surface area contributed by atoms with Crippen molar-refractivity contribution in [3.63, 3.8) is 0 Å². The summed E-state index contributed by atoms with van der Waals surface area (Å²) in [6, 6.07) is 37.0. The van der Waals surface area contributed by atoms with Gasteiger partial charge in [0.2, 0.25) is 0 Å². The van der Waals surface area contributed by atoms with Gasteiger partial charge in [-0.3, -0.25) is 11.4 Å². The van der Waals surface area contributed by atoms with Crippen LogP contribution in [-0.2, 0) is 105 Å². The van der Waals surface area contributed by atoms with E-state index in [0.29, 0.717) is 0 Å². The number of rotatable bonds is 10. The molecule has 0 aliphatic carbocycles. The Kier molecular flexibility index (Phi) is 125. The van der Waals surface area contributed by atoms with E-state index in [1.54, 1.807) is 83.1 Å². The third kappa shape index (κ3) is 58.2. The first-order valence-electron chi connectivity index (χ1n) is 28.6. The van der Waals surface area contributed by atoms with Gasteiger partial charge >= 0.3 is 0 Å². The predicted octanol–water partition coefficient (Wildman–Crippen LogP) is 27.4. The molecule has 0 amide bonds. The van der Waals surface area contributed by atoms with Crippen LogP contribution in [0.2, 0.25) is 0 Å². The molecule has 0 unspecified atom stereocenters. The first kappa shape index (κ1) is 118. The van der Waals surface area contributed by atoms with Gasteiger partial charge in [-0.1, -0.05) is 128 Å². The van der Waals surface area contributed by atoms with Gasteiger partial charge in [0.15, 0.2) is 0 Å². The summed E-state index contributed by atoms with van der Waals surface area (Å²) in [6.45, 7) is 98.2. The summed E-state index contributed by atoms with van der Waals surface area (Å²) < 4.78 is 0. The van der Waals surface area contributed by atoms with Crippen molar-refractivity contribution in [3.05, 3.63) is 308 Å². The minimum Gasteiger partial charge on any atom is -0.715 e. The second kappa shape index (κ2) is 91.5. The SMILES string of the molecule is [CH2-]C.[CH2-]C.[CH2-]C.[CH2-]C.[CH2-]C.[CH2-]C.[CH2-]C.[CH2-]C.[CH2-]C.[CH2-]C.[CH2-]C.[CH2-]C.[CH2-]CC[N-]c1c(C)cc(C)cc1C.[CH2-]CC[N-]c1c(C)cc(C)cc1C.[CH2-]c1ccccc1[N-]c1c(C)cccc1C.[CH2-]c1ccccc1[N-]c1c(C)cccc1C.[Zr].[Zr].[Zr].[Zr]. The van der Waals surface area contributed by atoms with Gasteiger partial charge in [0.25, 0.3) is 0 Å². The van der Waals surface area contributed by atoms with Crippen molar-refractivity contribution in [2.75, 3.05) is 13.1 Å². The first-order chi connectivity index (χ1) is 39.7. The Hall–Kier alpha value is -2.21. The second-order valence-corrected chi connectivity index (χ2v) is 14.9. The van der Waals surface area contributed by atoms with Gasteiger partial charge < -0.3 is 118 Å². The van der Waals surface area contributed by atoms with Crippen molar-refractivity contribution in [2.45, 2.75) is 165 Å². The number of hydrogen-bond donors (Lipinski definition) is 0. The van der Waals surface area contributed by atoms with Crippen LogP contribution in [0.4, 0.5) is 34.1 Å². The Balaban J connectivity index is -0.0000000591. The van der Waals surface area contributed by atoms with Crippen LogP contribution in [0, 0.1) is 180 Å². The molecule has 86 heavy (non-hydrogen) atoms. The molecular formula is C78H124N4Zr4-20. The molecule has 6 aromatic carbocycles. The summed E-state index contributed by atoms with van der Waals surface area (Å²) in [5.74, 6) is 0. The summed E-state index contributed by atoms with van der Waals surface area (Å²) in [4.78, 5) is 0. The van der Waals surface area contributed by atoms with Crippen LogP contribution in [0.15, 0.2) is 109 Å². The Bertz CT molecular complexity index is 1980. The smallest absolute Gasteiger partial charge is 0 e. The van der Waals surface area contributed by atoms with E-state index >= 15 is 0 Å². The molecule has 6 aromatic rings. The molecule has 8 heteroatoms. The van der Waals surface area contributed by atoms with Crippen molar-refractivity contribution >= 4 is 34.1 Å². The van der Waals surface area contributed by atoms with E-state index in [1.807, 2.05) is 48.5 Å². The van der Waals surface area contributed by atoms with Gasteiger partial charge in [-0.25, -0.2) is 25.0 Å². The fourth-order valence-electron chi connectivity index (χ4n) is 6.67. The number of para-hydroxylation sites is 4. The second-order valence-electron chi connectivity index (χ2n) is 14.9. The quantitative estimate of drug-likeness (QED) is 0.123. The van der Waals surface area contributed by atoms with Crippen LogP contribution < -0.4 is 0 Å². The summed E-state index contributed by atoms with van der Waals surface area (Å²) >= 11 is 0. The zero-order chi connectivity index (χ0) is 66.8. The van der Waals surface area contributed by atoms with Crippen LogP contribution >= 0.6 is 0 Å². The van der Waals surface area contributed by atoms with E-state index in [-0.39, 0.29) is 105 Å². The molecule has 0 atom stereocenters. The molecule has 6 rings (SSSR count). The molecule has 0 N–H and O–H groups in total. The Morgan fingerprint density at radius 2 is 0.465 bits per heavy atom. The topological polar surface area (TPSA) is 56.4 Å². The van der Waals surface area contributed by atoms with Crippen LogP contribution in [0.1, 0.15) is 163 Å². The van der Waals surface area contributed by atoms with Crippen molar-refractivity contribution in [3.8, 4) is 0 Å². The number of hydrogen-bond acceptors (Lipinski definition) is 0. The van der Waals surface area contributed by atoms with E-state index in [4.69, 9.17) is 0 Å². The zero-order valence-electron chi connectivity index (χ0n) is 59.3. The van der Waals surface area contributed by atoms with Gasteiger partial charge in [0.05, 0.1) is 0 Å². The summed E-state index contributed by atoms with van der Waals surface area (Å²) in [6.07, 6.45) is 1.74. The van der Waals surface area contributed by atoms with Crippen molar-refractivity contribution in [2.24, 2.45) is 0 Å². The molecule has 0 heterocycles. The number of benzene rings is 6. The fraction of sp³-hybridized carbons (Fsp3) is 0.333. The molecule has 4 nitrogen and oxygen atoms in total. The van der Waals surface area contributed by atoms with Crippen LogP contribution in [0.3, 0.4) is 0 Å². The monoisotopic (exact) mass is 1480 g/mol. The minimum atomic E-state index is 0. The van der Waals surface area contributed by atoms with Gasteiger partial charge in [0, 0.05) is 105 Å². The van der Waals surface area contributed by atoms with E-state index in [0.717, 1.165) is 71.2 Å². The summed E-state index contributed by atoms with van der Waals surface area (Å²) in [5.41, 5.74) is 20.7. The van der Waals surface area contributed by atoms with E-state index in [2.05, 4.69) is 262 Å². The number of nitrogens with zero attached hydrogens (tertiary/aromatic N) is 4. The molecule has 0 saturated heterocycles. The third-order valence-corrected chi connectivity index (χ3v) is 9.45. The molecular weight excluding hydrogens is 1360 g/mol. The molecule has 0 aliphatic rings. The molecule has 492 valence electrons. The molecule has 0 aromatic heterocycles. The van der Waals surface area contributed by atoms with Crippen molar-refractivity contribution in [1.82, 2.24) is 0 Å². The maximum atomic E-state index is 4.68. The third-order valence-electron chi connectivity index (χ3n) is 9.45. The Morgan fingerprint density at radius 1 is 0.267 bits per heavy atom. The minimum absolute atomic E-state index is 0. The molecule has 0 aliphatic heterocycles. The van der Waals surface area contributed by atoms with Crippen LogP contribution in [0.5, 0.6) is 0 Å². The van der Waals surface area contributed by atoms with Gasteiger partial charge in [0.1, 0.15) is 0 Å². The largest absolute Gasteiger partial charge is 0.715 e. The Labute approximate surface area is 618 Å². The van der Waals surface area contributed by atoms with Gasteiger partial charge in [-0.15, -0.1) is 47.0 Å². The Morgan fingerprint density at radius 3 is 0.651 bits per heavy atom. The maximum absolute atomic E-state index is 4.68. The van der Waals surface area contributed by atoms with Crippen LogP contribution in [-0.4, -0.2) is 13.1 Å². The molecule has 0 fully saturated rings. The van der Waals surface area contributed by atoms with E-state index in [9.17, 15) is 0 Å². The molecule has 0 saturated carbocycles. The average Bonchev–Trinajstić information content (AvgIpc) is 3.52. The predicted molar refractivity (Wildman–Crippen MR) is 388 cm³/mol. The molecule has 0 bridgehead atoms. The van der Waals surface area contributed by atoms with E-state index in [1.165, 1.54) is 55.6 Å². The van der Waals surface area contributed by atoms with Gasteiger partial charge in [-0.2, -0.15) is 121 Å². The van der Waals surface area contributed by atoms with E-state index < -0.39 is 0 Å². The summed E-state index contributed by atoms with van der Waals surface area (Å²) in [5, 5.41) is 18.4. The standard InChI is InChI=1S/2C15H15N.2C12H17N.12C2H5.4Zr/c2*1-11-7-4-5-10-14(11)16-15-12(2)8-6-9-13(15)3;2*1-5-6-13-12-10(3)7-9(2)8-11(12)4;12*1-2;;;;/h2*4-10H,1H2,2-3H3;2*7-8H,1,5-6H2,2-4H3;12*1H2,2H3;;;;/q4*-2;12*-1;;;;. The van der Waals surface area contributed by atoms with Crippen molar-refractivity contribution in [1.29, 1.82) is 0 Å². The molecule has 0 spiro atoms. The normalized spacial score (nSPS) is 7.67. The first-order valence-corrected chi connectivity index (χ1v) is 28.6. The zero-order valence-corrected chi connectivity index (χ0v) is 69.2. The molecule has 0 radical (unpaired) electrons. The summed E-state index contributed by atoms with van der Waals surface area (Å²) in [7, 11) is 0. The van der Waals surface area contributed by atoms with Crippen LogP contribution in [0.25, 0.3) is 21.3 Å². The van der Waals surface area contributed by atoms with Crippen molar-refractivity contribution < 1.29 is 105 Å².